The Morgan fingerprint density at radius 3 is 2.80 bits per heavy atom. The third kappa shape index (κ3) is 3.25. The van der Waals surface area contributed by atoms with E-state index in [1.54, 1.807) is 24.3 Å². The van der Waals surface area contributed by atoms with Crippen LogP contribution < -0.4 is 15.2 Å². The molecule has 6 nitrogen and oxygen atoms in total. The van der Waals surface area contributed by atoms with E-state index in [1.165, 1.54) is 25.6 Å². The maximum absolute atomic E-state index is 12.1. The number of rotatable bonds is 5. The van der Waals surface area contributed by atoms with Gasteiger partial charge < -0.3 is 10.5 Å². The fraction of sp³-hybridized carbons (Fsp3) is 0.154. The lowest BCUT2D eigenvalue weighted by molar-refractivity contribution is 0.409. The van der Waals surface area contributed by atoms with Crippen LogP contribution in [0.5, 0.6) is 5.75 Å². The third-order valence-electron chi connectivity index (χ3n) is 2.70. The van der Waals surface area contributed by atoms with E-state index in [2.05, 4.69) is 9.71 Å². The van der Waals surface area contributed by atoms with Crippen molar-refractivity contribution in [2.75, 3.05) is 12.8 Å². The molecule has 0 aliphatic heterocycles. The van der Waals surface area contributed by atoms with Crippen LogP contribution in [-0.4, -0.2) is 20.5 Å². The first-order valence-corrected chi connectivity index (χ1v) is 7.33. The summed E-state index contributed by atoms with van der Waals surface area (Å²) in [6, 6.07) is 8.10. The molecule has 106 valence electrons. The van der Waals surface area contributed by atoms with Crippen molar-refractivity contribution in [3.63, 3.8) is 0 Å². The number of nitrogens with zero attached hydrogens (tertiary/aromatic N) is 1. The number of nitrogens with two attached hydrogens (primary N) is 1. The standard InChI is InChI=1S/C13H15N3O3S/c1-19-13-5-4-11(14)7-10(13)8-16-20(17,18)12-3-2-6-15-9-12/h2-7,9,16H,8,14H2,1H3. The summed E-state index contributed by atoms with van der Waals surface area (Å²) in [6.45, 7) is 0.0887. The molecule has 0 amide bonds. The van der Waals surface area contributed by atoms with Crippen LogP contribution in [0, 0.1) is 0 Å². The van der Waals surface area contributed by atoms with Crippen molar-refractivity contribution in [1.82, 2.24) is 9.71 Å². The van der Waals surface area contributed by atoms with Gasteiger partial charge in [-0.3, -0.25) is 4.98 Å². The minimum Gasteiger partial charge on any atom is -0.496 e. The number of anilines is 1. The second-order valence-corrected chi connectivity index (χ2v) is 5.85. The smallest absolute Gasteiger partial charge is 0.242 e. The van der Waals surface area contributed by atoms with Crippen LogP contribution in [0.1, 0.15) is 5.56 Å². The molecule has 1 heterocycles. The minimum absolute atomic E-state index is 0.0887. The van der Waals surface area contributed by atoms with Crippen LogP contribution in [0.25, 0.3) is 0 Å². The number of pyridine rings is 1. The lowest BCUT2D eigenvalue weighted by Gasteiger charge is -2.11. The van der Waals surface area contributed by atoms with Crippen LogP contribution in [0.2, 0.25) is 0 Å². The predicted molar refractivity (Wildman–Crippen MR) is 75.7 cm³/mol. The van der Waals surface area contributed by atoms with Crippen LogP contribution in [0.3, 0.4) is 0 Å². The van der Waals surface area contributed by atoms with E-state index in [1.807, 2.05) is 0 Å². The van der Waals surface area contributed by atoms with Gasteiger partial charge in [-0.25, -0.2) is 13.1 Å². The summed E-state index contributed by atoms with van der Waals surface area (Å²) in [5, 5.41) is 0. The van der Waals surface area contributed by atoms with Crippen molar-refractivity contribution in [2.24, 2.45) is 0 Å². The molecule has 0 saturated heterocycles. The summed E-state index contributed by atoms with van der Waals surface area (Å²) in [7, 11) is -2.09. The molecule has 0 spiro atoms. The maximum atomic E-state index is 12.1. The number of benzene rings is 1. The summed E-state index contributed by atoms with van der Waals surface area (Å²) >= 11 is 0. The molecule has 0 aliphatic rings. The van der Waals surface area contributed by atoms with E-state index < -0.39 is 10.0 Å². The zero-order chi connectivity index (χ0) is 14.6. The van der Waals surface area contributed by atoms with Gasteiger partial charge in [-0.2, -0.15) is 0 Å². The quantitative estimate of drug-likeness (QED) is 0.806. The summed E-state index contributed by atoms with van der Waals surface area (Å²) in [5.41, 5.74) is 6.90. The number of sulfonamides is 1. The van der Waals surface area contributed by atoms with Gasteiger partial charge in [0, 0.05) is 30.2 Å². The maximum Gasteiger partial charge on any atom is 0.242 e. The molecular formula is C13H15N3O3S. The Labute approximate surface area is 117 Å². The minimum atomic E-state index is -3.61. The summed E-state index contributed by atoms with van der Waals surface area (Å²) in [6.07, 6.45) is 2.80. The molecular weight excluding hydrogens is 278 g/mol. The average molecular weight is 293 g/mol. The SMILES string of the molecule is COc1ccc(N)cc1CNS(=O)(=O)c1cccnc1. The summed E-state index contributed by atoms with van der Waals surface area (Å²) in [5.74, 6) is 0.577. The van der Waals surface area contributed by atoms with Gasteiger partial charge in [-0.05, 0) is 30.3 Å². The van der Waals surface area contributed by atoms with E-state index in [9.17, 15) is 8.42 Å². The first-order chi connectivity index (χ1) is 9.53. The van der Waals surface area contributed by atoms with Gasteiger partial charge in [0.1, 0.15) is 10.6 Å². The van der Waals surface area contributed by atoms with E-state index >= 15 is 0 Å². The Morgan fingerprint density at radius 2 is 2.15 bits per heavy atom. The van der Waals surface area contributed by atoms with Crippen molar-refractivity contribution in [3.8, 4) is 5.75 Å². The van der Waals surface area contributed by atoms with E-state index in [0.717, 1.165) is 0 Å². The zero-order valence-corrected chi connectivity index (χ0v) is 11.7. The van der Waals surface area contributed by atoms with Crippen LogP contribution in [-0.2, 0) is 16.6 Å². The normalized spacial score (nSPS) is 11.2. The van der Waals surface area contributed by atoms with Crippen LogP contribution in [0.4, 0.5) is 5.69 Å². The molecule has 20 heavy (non-hydrogen) atoms. The first-order valence-electron chi connectivity index (χ1n) is 5.85. The average Bonchev–Trinajstić information content (AvgIpc) is 2.46. The molecule has 0 fully saturated rings. The monoisotopic (exact) mass is 293 g/mol. The molecule has 1 aromatic carbocycles. The lowest BCUT2D eigenvalue weighted by atomic mass is 10.2. The molecule has 1 aromatic heterocycles. The molecule has 3 N–H and O–H groups in total. The van der Waals surface area contributed by atoms with Crippen molar-refractivity contribution in [3.05, 3.63) is 48.3 Å². The molecule has 0 bridgehead atoms. The number of ether oxygens (including phenoxy) is 1. The Morgan fingerprint density at radius 1 is 1.35 bits per heavy atom. The predicted octanol–water partition coefficient (Wildman–Crippen LogP) is 1.15. The van der Waals surface area contributed by atoms with Crippen molar-refractivity contribution in [2.45, 2.75) is 11.4 Å². The van der Waals surface area contributed by atoms with Crippen LogP contribution >= 0.6 is 0 Å². The molecule has 0 radical (unpaired) electrons. The van der Waals surface area contributed by atoms with E-state index in [-0.39, 0.29) is 11.4 Å². The molecule has 0 saturated carbocycles. The van der Waals surface area contributed by atoms with Gasteiger partial charge in [-0.15, -0.1) is 0 Å². The molecule has 2 aromatic rings. The highest BCUT2D eigenvalue weighted by Gasteiger charge is 2.14. The number of aromatic nitrogens is 1. The number of nitrogen functional groups attached to an aromatic ring is 1. The number of nitrogens with one attached hydrogen (secondary N) is 1. The number of methoxy groups -OCH3 is 1. The van der Waals surface area contributed by atoms with Gasteiger partial charge in [0.25, 0.3) is 0 Å². The Hall–Kier alpha value is -2.12. The summed E-state index contributed by atoms with van der Waals surface area (Å²) in [4.78, 5) is 3.90. The fourth-order valence-corrected chi connectivity index (χ4v) is 2.67. The van der Waals surface area contributed by atoms with Gasteiger partial charge >= 0.3 is 0 Å². The third-order valence-corrected chi connectivity index (χ3v) is 4.09. The molecule has 0 unspecified atom stereocenters. The molecule has 0 atom stereocenters. The highest BCUT2D eigenvalue weighted by Crippen LogP contribution is 2.21. The second kappa shape index (κ2) is 5.89. The molecule has 7 heteroatoms. The molecule has 0 aliphatic carbocycles. The Bertz CT molecular complexity index is 687. The highest BCUT2D eigenvalue weighted by molar-refractivity contribution is 7.89. The van der Waals surface area contributed by atoms with Gasteiger partial charge in [0.05, 0.1) is 7.11 Å². The van der Waals surface area contributed by atoms with Crippen molar-refractivity contribution >= 4 is 15.7 Å². The highest BCUT2D eigenvalue weighted by atomic mass is 32.2. The fourth-order valence-electron chi connectivity index (χ4n) is 1.70. The van der Waals surface area contributed by atoms with E-state index in [4.69, 9.17) is 10.5 Å². The van der Waals surface area contributed by atoms with E-state index in [0.29, 0.717) is 17.0 Å². The van der Waals surface area contributed by atoms with Gasteiger partial charge in [0.2, 0.25) is 10.0 Å². The van der Waals surface area contributed by atoms with Crippen molar-refractivity contribution in [1.29, 1.82) is 0 Å². The largest absolute Gasteiger partial charge is 0.496 e. The van der Waals surface area contributed by atoms with Crippen LogP contribution in [0.15, 0.2) is 47.6 Å². The molecule has 2 rings (SSSR count). The van der Waals surface area contributed by atoms with Gasteiger partial charge in [0.15, 0.2) is 0 Å². The number of hydrogen-bond acceptors (Lipinski definition) is 5. The topological polar surface area (TPSA) is 94.3 Å². The van der Waals surface area contributed by atoms with Crippen molar-refractivity contribution < 1.29 is 13.2 Å². The second-order valence-electron chi connectivity index (χ2n) is 4.08. The number of hydrogen-bond donors (Lipinski definition) is 2. The summed E-state index contributed by atoms with van der Waals surface area (Å²) < 4.78 is 31.8. The first kappa shape index (κ1) is 14.3. The lowest BCUT2D eigenvalue weighted by Crippen LogP contribution is -2.23. The Kier molecular flexibility index (Phi) is 4.21. The van der Waals surface area contributed by atoms with Gasteiger partial charge in [-0.1, -0.05) is 0 Å². The Balaban J connectivity index is 2.19. The zero-order valence-electron chi connectivity index (χ0n) is 10.9.